The van der Waals surface area contributed by atoms with Gasteiger partial charge in [-0.1, -0.05) is 46.3 Å². The van der Waals surface area contributed by atoms with E-state index >= 15 is 0 Å². The molecule has 0 atom stereocenters. The first kappa shape index (κ1) is 17.9. The molecule has 0 saturated heterocycles. The zero-order chi connectivity index (χ0) is 18.5. The summed E-state index contributed by atoms with van der Waals surface area (Å²) in [4.78, 5) is 24.0. The molecule has 132 valence electrons. The quantitative estimate of drug-likeness (QED) is 0.620. The number of rotatable bonds is 5. The summed E-state index contributed by atoms with van der Waals surface area (Å²) in [5, 5.41) is 9.40. The third-order valence-corrected chi connectivity index (χ3v) is 4.53. The smallest absolute Gasteiger partial charge is 0.356 e. The van der Waals surface area contributed by atoms with E-state index in [2.05, 4.69) is 31.4 Å². The van der Waals surface area contributed by atoms with Crippen LogP contribution >= 0.6 is 15.9 Å². The molecule has 1 heterocycles. The molecule has 6 nitrogen and oxygen atoms in total. The summed E-state index contributed by atoms with van der Waals surface area (Å²) in [5.74, 6) is -1.05. The van der Waals surface area contributed by atoms with E-state index in [1.165, 1.54) is 0 Å². The van der Waals surface area contributed by atoms with Crippen molar-refractivity contribution in [2.45, 2.75) is 6.92 Å². The van der Waals surface area contributed by atoms with E-state index in [0.717, 1.165) is 15.6 Å². The Morgan fingerprint density at radius 1 is 1.15 bits per heavy atom. The number of ether oxygens (including phenoxy) is 1. The maximum atomic E-state index is 12.1. The molecule has 26 heavy (non-hydrogen) atoms. The molecule has 0 unspecified atom stereocenters. The molecule has 0 aliphatic carbocycles. The molecule has 0 bridgehead atoms. The number of hydrogen-bond acceptors (Lipinski definition) is 4. The molecule has 0 spiro atoms. The molecule has 0 radical (unpaired) electrons. The number of nitrogens with zero attached hydrogens (tertiary/aromatic N) is 1. The number of carbonyl (C=O) groups is 2. The van der Waals surface area contributed by atoms with Gasteiger partial charge in [0.05, 0.1) is 5.69 Å². The van der Waals surface area contributed by atoms with Crippen molar-refractivity contribution in [3.63, 3.8) is 0 Å². The Bertz CT molecular complexity index is 938. The fourth-order valence-electron chi connectivity index (χ4n) is 2.31. The number of amides is 1. The Labute approximate surface area is 158 Å². The first-order valence-electron chi connectivity index (χ1n) is 7.87. The lowest BCUT2D eigenvalue weighted by Gasteiger charge is -2.07. The third kappa shape index (κ3) is 4.37. The highest BCUT2D eigenvalue weighted by molar-refractivity contribution is 9.10. The molecule has 7 heteroatoms. The minimum absolute atomic E-state index is 0.191. The maximum Gasteiger partial charge on any atom is 0.356 e. The molecule has 2 aromatic carbocycles. The highest BCUT2D eigenvalue weighted by Gasteiger charge is 2.14. The van der Waals surface area contributed by atoms with Gasteiger partial charge in [0, 0.05) is 15.7 Å². The van der Waals surface area contributed by atoms with Crippen LogP contribution in [-0.2, 0) is 9.53 Å². The number of aromatic nitrogens is 2. The number of H-pyrrole nitrogens is 1. The van der Waals surface area contributed by atoms with Crippen LogP contribution in [0.3, 0.4) is 0 Å². The minimum Gasteiger partial charge on any atom is -0.451 e. The van der Waals surface area contributed by atoms with E-state index in [9.17, 15) is 9.59 Å². The van der Waals surface area contributed by atoms with Gasteiger partial charge in [0.15, 0.2) is 6.61 Å². The fourth-order valence-corrected chi connectivity index (χ4v) is 2.56. The summed E-state index contributed by atoms with van der Waals surface area (Å²) in [6.45, 7) is 1.54. The fraction of sp³-hybridized carbons (Fsp3) is 0.105. The second-order valence-electron chi connectivity index (χ2n) is 5.62. The van der Waals surface area contributed by atoms with Gasteiger partial charge in [-0.2, -0.15) is 5.10 Å². The summed E-state index contributed by atoms with van der Waals surface area (Å²) < 4.78 is 5.99. The summed E-state index contributed by atoms with van der Waals surface area (Å²) in [6.07, 6.45) is 0. The predicted octanol–water partition coefficient (Wildman–Crippen LogP) is 3.94. The van der Waals surface area contributed by atoms with Gasteiger partial charge in [-0.15, -0.1) is 0 Å². The molecular formula is C19H16BrN3O3. The number of benzene rings is 2. The highest BCUT2D eigenvalue weighted by Crippen LogP contribution is 2.20. The number of aryl methyl sites for hydroxylation is 1. The summed E-state index contributed by atoms with van der Waals surface area (Å²) in [5.41, 5.74) is 3.33. The predicted molar refractivity (Wildman–Crippen MR) is 102 cm³/mol. The van der Waals surface area contributed by atoms with Gasteiger partial charge in [0.2, 0.25) is 0 Å². The van der Waals surface area contributed by atoms with Gasteiger partial charge < -0.3 is 10.1 Å². The van der Waals surface area contributed by atoms with Crippen LogP contribution in [0.25, 0.3) is 11.3 Å². The second kappa shape index (κ2) is 7.97. The van der Waals surface area contributed by atoms with Crippen LogP contribution in [0.15, 0.2) is 59.1 Å². The third-order valence-electron chi connectivity index (χ3n) is 3.64. The topological polar surface area (TPSA) is 84.1 Å². The van der Waals surface area contributed by atoms with Gasteiger partial charge in [-0.05, 0) is 36.8 Å². The van der Waals surface area contributed by atoms with E-state index in [-0.39, 0.29) is 12.3 Å². The van der Waals surface area contributed by atoms with Crippen LogP contribution in [0.4, 0.5) is 5.69 Å². The highest BCUT2D eigenvalue weighted by atomic mass is 79.9. The molecular weight excluding hydrogens is 398 g/mol. The van der Waals surface area contributed by atoms with Crippen LogP contribution in [-0.4, -0.2) is 28.7 Å². The Balaban J connectivity index is 1.56. The van der Waals surface area contributed by atoms with Crippen molar-refractivity contribution >= 4 is 33.5 Å². The minimum atomic E-state index is -0.637. The summed E-state index contributed by atoms with van der Waals surface area (Å²) >= 11 is 3.40. The average molecular weight is 414 g/mol. The zero-order valence-corrected chi connectivity index (χ0v) is 15.5. The average Bonchev–Trinajstić information content (AvgIpc) is 3.14. The monoisotopic (exact) mass is 413 g/mol. The number of esters is 1. The molecule has 1 amide bonds. The molecule has 0 saturated carbocycles. The lowest BCUT2D eigenvalue weighted by molar-refractivity contribution is -0.119. The second-order valence-corrected chi connectivity index (χ2v) is 6.48. The standard InChI is InChI=1S/C19H16BrN3O3/c1-12-9-14(7-8-15(12)20)21-18(24)11-26-19(25)17-10-16(22-23-17)13-5-3-2-4-6-13/h2-10H,11H2,1H3,(H,21,24)(H,22,23). The van der Waals surface area contributed by atoms with Crippen molar-refractivity contribution in [3.05, 3.63) is 70.3 Å². The van der Waals surface area contributed by atoms with Crippen LogP contribution < -0.4 is 5.32 Å². The number of hydrogen-bond donors (Lipinski definition) is 2. The van der Waals surface area contributed by atoms with E-state index < -0.39 is 11.9 Å². The first-order chi connectivity index (χ1) is 12.5. The van der Waals surface area contributed by atoms with Crippen LogP contribution in [0.5, 0.6) is 0 Å². The molecule has 0 aliphatic heterocycles. The molecule has 3 aromatic rings. The first-order valence-corrected chi connectivity index (χ1v) is 8.66. The Morgan fingerprint density at radius 2 is 1.92 bits per heavy atom. The number of nitrogens with one attached hydrogen (secondary N) is 2. The molecule has 0 aliphatic rings. The number of aromatic amines is 1. The van der Waals surface area contributed by atoms with Crippen molar-refractivity contribution in [1.82, 2.24) is 10.2 Å². The van der Waals surface area contributed by atoms with Crippen molar-refractivity contribution in [1.29, 1.82) is 0 Å². The molecule has 0 fully saturated rings. The number of carbonyl (C=O) groups excluding carboxylic acids is 2. The molecule has 2 N–H and O–H groups in total. The Morgan fingerprint density at radius 3 is 2.65 bits per heavy atom. The SMILES string of the molecule is Cc1cc(NC(=O)COC(=O)c2cc(-c3ccccc3)n[nH]2)ccc1Br. The van der Waals surface area contributed by atoms with E-state index in [1.807, 2.05) is 49.4 Å². The van der Waals surface area contributed by atoms with Gasteiger partial charge >= 0.3 is 5.97 Å². The van der Waals surface area contributed by atoms with Crippen molar-refractivity contribution in [3.8, 4) is 11.3 Å². The normalized spacial score (nSPS) is 10.4. The Kier molecular flexibility index (Phi) is 5.48. The summed E-state index contributed by atoms with van der Waals surface area (Å²) in [6, 6.07) is 16.5. The molecule has 3 rings (SSSR count). The number of anilines is 1. The largest absolute Gasteiger partial charge is 0.451 e. The maximum absolute atomic E-state index is 12.1. The van der Waals surface area contributed by atoms with Crippen molar-refractivity contribution in [2.75, 3.05) is 11.9 Å². The zero-order valence-electron chi connectivity index (χ0n) is 14.0. The van der Waals surface area contributed by atoms with Crippen LogP contribution in [0.2, 0.25) is 0 Å². The van der Waals surface area contributed by atoms with Crippen molar-refractivity contribution in [2.24, 2.45) is 0 Å². The van der Waals surface area contributed by atoms with Crippen LogP contribution in [0.1, 0.15) is 16.1 Å². The van der Waals surface area contributed by atoms with Gasteiger partial charge in [-0.3, -0.25) is 9.89 Å². The lowest BCUT2D eigenvalue weighted by Crippen LogP contribution is -2.21. The lowest BCUT2D eigenvalue weighted by atomic mass is 10.1. The summed E-state index contributed by atoms with van der Waals surface area (Å²) in [7, 11) is 0. The van der Waals surface area contributed by atoms with Crippen molar-refractivity contribution < 1.29 is 14.3 Å². The number of halogens is 1. The van der Waals surface area contributed by atoms with E-state index in [0.29, 0.717) is 11.4 Å². The van der Waals surface area contributed by atoms with Crippen LogP contribution in [0, 0.1) is 6.92 Å². The molecule has 1 aromatic heterocycles. The van der Waals surface area contributed by atoms with E-state index in [4.69, 9.17) is 4.74 Å². The van der Waals surface area contributed by atoms with Gasteiger partial charge in [0.25, 0.3) is 5.91 Å². The van der Waals surface area contributed by atoms with E-state index in [1.54, 1.807) is 12.1 Å². The van der Waals surface area contributed by atoms with Gasteiger partial charge in [-0.25, -0.2) is 4.79 Å². The Hall–Kier alpha value is -2.93. The van der Waals surface area contributed by atoms with Gasteiger partial charge in [0.1, 0.15) is 5.69 Å².